The van der Waals surface area contributed by atoms with Crippen LogP contribution in [0.2, 0.25) is 0 Å². The van der Waals surface area contributed by atoms with Crippen LogP contribution in [0.1, 0.15) is 33.1 Å². The first-order valence-electron chi connectivity index (χ1n) is 7.23. The van der Waals surface area contributed by atoms with Crippen LogP contribution in [0.5, 0.6) is 0 Å². The van der Waals surface area contributed by atoms with Crippen molar-refractivity contribution in [3.8, 4) is 0 Å². The summed E-state index contributed by atoms with van der Waals surface area (Å²) < 4.78 is 0. The third kappa shape index (κ3) is 4.05. The van der Waals surface area contributed by atoms with E-state index in [1.54, 1.807) is 0 Å². The van der Waals surface area contributed by atoms with Crippen LogP contribution in [-0.4, -0.2) is 24.8 Å². The van der Waals surface area contributed by atoms with Gasteiger partial charge in [0.15, 0.2) is 0 Å². The Morgan fingerprint density at radius 2 is 2.16 bits per heavy atom. The molecule has 0 aromatic carbocycles. The van der Waals surface area contributed by atoms with Gasteiger partial charge in [0, 0.05) is 13.1 Å². The Labute approximate surface area is 118 Å². The molecule has 19 heavy (non-hydrogen) atoms. The fourth-order valence-electron chi connectivity index (χ4n) is 3.18. The van der Waals surface area contributed by atoms with E-state index in [1.807, 2.05) is 0 Å². The van der Waals surface area contributed by atoms with Crippen LogP contribution < -0.4 is 5.32 Å². The average Bonchev–Trinajstić information content (AvgIpc) is 2.39. The van der Waals surface area contributed by atoms with E-state index in [0.717, 1.165) is 19.4 Å². The summed E-state index contributed by atoms with van der Waals surface area (Å²) in [5.74, 6) is 1.05. The number of hydrogen-bond acceptors (Lipinski definition) is 2. The number of rotatable bonds is 7. The van der Waals surface area contributed by atoms with Gasteiger partial charge >= 0.3 is 0 Å². The van der Waals surface area contributed by atoms with E-state index in [4.69, 9.17) is 5.11 Å². The van der Waals surface area contributed by atoms with Crippen molar-refractivity contribution < 1.29 is 5.11 Å². The molecule has 0 aliphatic heterocycles. The second-order valence-electron chi connectivity index (χ2n) is 6.14. The van der Waals surface area contributed by atoms with E-state index >= 15 is 0 Å². The minimum atomic E-state index is 0.181. The van der Waals surface area contributed by atoms with E-state index in [2.05, 4.69) is 45.0 Å². The molecule has 0 saturated heterocycles. The van der Waals surface area contributed by atoms with Gasteiger partial charge < -0.3 is 10.4 Å². The molecule has 1 aliphatic rings. The molecule has 108 valence electrons. The quantitative estimate of drug-likeness (QED) is 0.545. The Hall–Kier alpha value is -0.860. The predicted molar refractivity (Wildman–Crippen MR) is 83.0 cm³/mol. The van der Waals surface area contributed by atoms with Crippen molar-refractivity contribution in [2.75, 3.05) is 19.7 Å². The van der Waals surface area contributed by atoms with Gasteiger partial charge in [-0.3, -0.25) is 0 Å². The second-order valence-corrected chi connectivity index (χ2v) is 6.14. The highest BCUT2D eigenvalue weighted by molar-refractivity contribution is 5.16. The van der Waals surface area contributed by atoms with Gasteiger partial charge in [-0.2, -0.15) is 0 Å². The molecule has 2 heteroatoms. The smallest absolute Gasteiger partial charge is 0.0556 e. The van der Waals surface area contributed by atoms with Crippen LogP contribution >= 0.6 is 0 Å². The van der Waals surface area contributed by atoms with Crippen molar-refractivity contribution in [1.82, 2.24) is 5.32 Å². The lowest BCUT2D eigenvalue weighted by molar-refractivity contribution is 0.168. The van der Waals surface area contributed by atoms with Crippen LogP contribution in [0.15, 0.2) is 37.0 Å². The van der Waals surface area contributed by atoms with Gasteiger partial charge in [-0.15, -0.1) is 6.58 Å². The molecule has 2 nitrogen and oxygen atoms in total. The van der Waals surface area contributed by atoms with Crippen LogP contribution in [0, 0.1) is 17.3 Å². The van der Waals surface area contributed by atoms with Crippen molar-refractivity contribution in [3.05, 3.63) is 37.0 Å². The number of aliphatic hydroxyl groups excluding tert-OH is 1. The lowest BCUT2D eigenvalue weighted by atomic mass is 9.61. The summed E-state index contributed by atoms with van der Waals surface area (Å²) in [5.41, 5.74) is 2.69. The maximum Gasteiger partial charge on any atom is 0.0556 e. The summed E-state index contributed by atoms with van der Waals surface area (Å²) in [6.45, 7) is 18.4. The monoisotopic (exact) mass is 263 g/mol. The molecule has 1 fully saturated rings. The van der Waals surface area contributed by atoms with Gasteiger partial charge in [0.05, 0.1) is 6.61 Å². The summed E-state index contributed by atoms with van der Waals surface area (Å²) in [5, 5.41) is 12.0. The SMILES string of the molecule is C=CC1(C)CCC(C(=C)CNCCO)CC1C(=C)C. The molecule has 0 heterocycles. The summed E-state index contributed by atoms with van der Waals surface area (Å²) in [6.07, 6.45) is 5.55. The van der Waals surface area contributed by atoms with E-state index in [-0.39, 0.29) is 12.0 Å². The van der Waals surface area contributed by atoms with E-state index in [1.165, 1.54) is 17.6 Å². The van der Waals surface area contributed by atoms with Gasteiger partial charge in [0.1, 0.15) is 0 Å². The summed E-state index contributed by atoms with van der Waals surface area (Å²) in [4.78, 5) is 0. The van der Waals surface area contributed by atoms with Crippen molar-refractivity contribution >= 4 is 0 Å². The zero-order valence-electron chi connectivity index (χ0n) is 12.5. The molecule has 0 bridgehead atoms. The second kappa shape index (κ2) is 7.06. The number of allylic oxidation sites excluding steroid dienone is 2. The Morgan fingerprint density at radius 1 is 1.47 bits per heavy atom. The molecule has 3 atom stereocenters. The highest BCUT2D eigenvalue weighted by Gasteiger charge is 2.38. The van der Waals surface area contributed by atoms with Crippen molar-refractivity contribution in [2.24, 2.45) is 17.3 Å². The van der Waals surface area contributed by atoms with Gasteiger partial charge in [-0.1, -0.05) is 37.3 Å². The van der Waals surface area contributed by atoms with Gasteiger partial charge in [0.2, 0.25) is 0 Å². The van der Waals surface area contributed by atoms with E-state index in [0.29, 0.717) is 18.4 Å². The molecule has 3 unspecified atom stereocenters. The minimum absolute atomic E-state index is 0.181. The van der Waals surface area contributed by atoms with Gasteiger partial charge in [-0.25, -0.2) is 0 Å². The molecule has 1 saturated carbocycles. The van der Waals surface area contributed by atoms with E-state index < -0.39 is 0 Å². The molecule has 2 N–H and O–H groups in total. The Balaban J connectivity index is 2.64. The van der Waals surface area contributed by atoms with Crippen molar-refractivity contribution in [1.29, 1.82) is 0 Å². The third-order valence-corrected chi connectivity index (χ3v) is 4.63. The van der Waals surface area contributed by atoms with Crippen LogP contribution in [0.4, 0.5) is 0 Å². The molecule has 0 radical (unpaired) electrons. The minimum Gasteiger partial charge on any atom is -0.395 e. The first-order chi connectivity index (χ1) is 8.94. The number of nitrogens with one attached hydrogen (secondary N) is 1. The zero-order valence-corrected chi connectivity index (χ0v) is 12.5. The molecule has 0 spiro atoms. The Kier molecular flexibility index (Phi) is 6.02. The normalized spacial score (nSPS) is 30.9. The van der Waals surface area contributed by atoms with E-state index in [9.17, 15) is 0 Å². The molecule has 0 aromatic heterocycles. The predicted octanol–water partition coefficient (Wildman–Crippen LogP) is 3.31. The topological polar surface area (TPSA) is 32.3 Å². The lowest BCUT2D eigenvalue weighted by Gasteiger charge is -2.44. The summed E-state index contributed by atoms with van der Waals surface area (Å²) in [7, 11) is 0. The molecular weight excluding hydrogens is 234 g/mol. The molecule has 1 rings (SSSR count). The maximum absolute atomic E-state index is 8.79. The Bertz CT molecular complexity index is 347. The van der Waals surface area contributed by atoms with Crippen molar-refractivity contribution in [3.63, 3.8) is 0 Å². The highest BCUT2D eigenvalue weighted by atomic mass is 16.3. The number of aliphatic hydroxyl groups is 1. The summed E-state index contributed by atoms with van der Waals surface area (Å²) >= 11 is 0. The molecule has 0 aromatic rings. The third-order valence-electron chi connectivity index (χ3n) is 4.63. The Morgan fingerprint density at radius 3 is 2.68 bits per heavy atom. The largest absolute Gasteiger partial charge is 0.395 e. The van der Waals surface area contributed by atoms with Gasteiger partial charge in [-0.05, 0) is 43.4 Å². The molecular formula is C17H29NO. The maximum atomic E-state index is 8.79. The van der Waals surface area contributed by atoms with Crippen LogP contribution in [0.3, 0.4) is 0 Å². The fraction of sp³-hybridized carbons (Fsp3) is 0.647. The molecule has 0 amide bonds. The van der Waals surface area contributed by atoms with Crippen LogP contribution in [-0.2, 0) is 0 Å². The van der Waals surface area contributed by atoms with Crippen LogP contribution in [0.25, 0.3) is 0 Å². The average molecular weight is 263 g/mol. The fourth-order valence-corrected chi connectivity index (χ4v) is 3.18. The zero-order chi connectivity index (χ0) is 14.5. The summed E-state index contributed by atoms with van der Waals surface area (Å²) in [6, 6.07) is 0. The number of hydrogen-bond donors (Lipinski definition) is 2. The highest BCUT2D eigenvalue weighted by Crippen LogP contribution is 2.48. The first-order valence-corrected chi connectivity index (χ1v) is 7.23. The standard InChI is InChI=1S/C17H29NO/c1-6-17(5)8-7-15(11-16(17)13(2)3)14(4)12-18-9-10-19/h6,15-16,18-19H,1-2,4,7-12H2,3,5H3. The molecule has 1 aliphatic carbocycles. The first kappa shape index (κ1) is 16.2. The lowest BCUT2D eigenvalue weighted by Crippen LogP contribution is -2.35. The van der Waals surface area contributed by atoms with Crippen molar-refractivity contribution in [2.45, 2.75) is 33.1 Å². The van der Waals surface area contributed by atoms with Gasteiger partial charge in [0.25, 0.3) is 0 Å².